The molecule has 5 nitrogen and oxygen atoms in total. The van der Waals surface area contributed by atoms with Gasteiger partial charge in [0.25, 0.3) is 11.5 Å². The number of aromatic nitrogens is 1. The minimum absolute atomic E-state index is 0.201. The first-order valence-electron chi connectivity index (χ1n) is 7.47. The Bertz CT molecular complexity index is 968. The molecule has 24 heavy (non-hydrogen) atoms. The predicted molar refractivity (Wildman–Crippen MR) is 92.7 cm³/mol. The number of benzene rings is 2. The summed E-state index contributed by atoms with van der Waals surface area (Å²) in [7, 11) is 0. The third kappa shape index (κ3) is 3.26. The van der Waals surface area contributed by atoms with Crippen molar-refractivity contribution in [3.63, 3.8) is 0 Å². The maximum absolute atomic E-state index is 12.5. The zero-order valence-electron chi connectivity index (χ0n) is 12.8. The monoisotopic (exact) mass is 320 g/mol. The van der Waals surface area contributed by atoms with Gasteiger partial charge in [0.05, 0.1) is 6.54 Å². The number of carbonyl (C=O) groups is 1. The summed E-state index contributed by atoms with van der Waals surface area (Å²) in [5.74, 6) is -0.682. The van der Waals surface area contributed by atoms with Gasteiger partial charge in [0.15, 0.2) is 0 Å². The number of rotatable bonds is 4. The minimum atomic E-state index is -0.682. The first kappa shape index (κ1) is 15.7. The second kappa shape index (κ2) is 6.93. The lowest BCUT2D eigenvalue weighted by Gasteiger charge is -2.09. The molecule has 0 aliphatic carbocycles. The van der Waals surface area contributed by atoms with E-state index < -0.39 is 5.91 Å². The molecule has 3 aromatic rings. The van der Waals surface area contributed by atoms with Gasteiger partial charge >= 0.3 is 0 Å². The molecule has 5 heteroatoms. The van der Waals surface area contributed by atoms with Crippen LogP contribution in [-0.4, -0.2) is 15.7 Å². The number of carbonyl (C=O) groups excluding carboxylic acids is 1. The minimum Gasteiger partial charge on any atom is -0.311 e. The summed E-state index contributed by atoms with van der Waals surface area (Å²) in [4.78, 5) is 23.6. The van der Waals surface area contributed by atoms with Crippen LogP contribution in [0.1, 0.15) is 11.1 Å². The van der Waals surface area contributed by atoms with E-state index in [9.17, 15) is 9.59 Å². The fourth-order valence-electron chi connectivity index (χ4n) is 2.62. The number of amides is 1. The standard InChI is InChI=1S/C19H16N2O3/c22-18(20-24)11-10-15-8-4-12-21(19(15)23)13-16-7-3-6-14-5-1-2-9-17(14)16/h1-12,24H,13H2,(H,20,22)/b11-10+. The maximum atomic E-state index is 12.5. The molecule has 1 aromatic heterocycles. The van der Waals surface area contributed by atoms with Crippen molar-refractivity contribution in [2.75, 3.05) is 0 Å². The summed E-state index contributed by atoms with van der Waals surface area (Å²) in [6, 6.07) is 17.4. The molecule has 120 valence electrons. The molecule has 0 spiro atoms. The highest BCUT2D eigenvalue weighted by Crippen LogP contribution is 2.19. The van der Waals surface area contributed by atoms with Crippen molar-refractivity contribution >= 4 is 22.8 Å². The summed E-state index contributed by atoms with van der Waals surface area (Å²) in [6.45, 7) is 0.439. The summed E-state index contributed by atoms with van der Waals surface area (Å²) >= 11 is 0. The van der Waals surface area contributed by atoms with E-state index in [0.717, 1.165) is 22.4 Å². The van der Waals surface area contributed by atoms with E-state index in [-0.39, 0.29) is 5.56 Å². The van der Waals surface area contributed by atoms with Crippen molar-refractivity contribution in [2.24, 2.45) is 0 Å². The topological polar surface area (TPSA) is 71.3 Å². The number of hydrogen-bond acceptors (Lipinski definition) is 3. The summed E-state index contributed by atoms with van der Waals surface area (Å²) in [6.07, 6.45) is 4.21. The van der Waals surface area contributed by atoms with Gasteiger partial charge in [-0.25, -0.2) is 5.48 Å². The van der Waals surface area contributed by atoms with Crippen LogP contribution in [0.4, 0.5) is 0 Å². The van der Waals surface area contributed by atoms with Gasteiger partial charge in [0.1, 0.15) is 0 Å². The first-order chi connectivity index (χ1) is 11.7. The van der Waals surface area contributed by atoms with Crippen molar-refractivity contribution in [3.05, 3.63) is 88.4 Å². The molecule has 1 heterocycles. The fraction of sp³-hybridized carbons (Fsp3) is 0.0526. The first-order valence-corrected chi connectivity index (χ1v) is 7.47. The Hall–Kier alpha value is -3.18. The van der Waals surface area contributed by atoms with E-state index in [1.165, 1.54) is 11.6 Å². The molecule has 2 aromatic carbocycles. The predicted octanol–water partition coefficient (Wildman–Crippen LogP) is 2.57. The van der Waals surface area contributed by atoms with E-state index in [4.69, 9.17) is 5.21 Å². The van der Waals surface area contributed by atoms with E-state index in [2.05, 4.69) is 0 Å². The molecule has 0 bridgehead atoms. The van der Waals surface area contributed by atoms with Crippen LogP contribution < -0.4 is 11.0 Å². The molecular formula is C19H16N2O3. The number of hydrogen-bond donors (Lipinski definition) is 2. The largest absolute Gasteiger partial charge is 0.311 e. The van der Waals surface area contributed by atoms with Crippen LogP contribution in [0.2, 0.25) is 0 Å². The van der Waals surface area contributed by atoms with Gasteiger partial charge < -0.3 is 4.57 Å². The lowest BCUT2D eigenvalue weighted by atomic mass is 10.0. The molecule has 1 amide bonds. The third-order valence-electron chi connectivity index (χ3n) is 3.79. The lowest BCUT2D eigenvalue weighted by molar-refractivity contribution is -0.124. The second-order valence-corrected chi connectivity index (χ2v) is 5.34. The Balaban J connectivity index is 1.97. The van der Waals surface area contributed by atoms with Gasteiger partial charge in [0, 0.05) is 17.8 Å². The Morgan fingerprint density at radius 3 is 2.71 bits per heavy atom. The lowest BCUT2D eigenvalue weighted by Crippen LogP contribution is -2.22. The summed E-state index contributed by atoms with van der Waals surface area (Å²) in [5, 5.41) is 10.7. The maximum Gasteiger partial charge on any atom is 0.267 e. The fourth-order valence-corrected chi connectivity index (χ4v) is 2.62. The van der Waals surface area contributed by atoms with E-state index in [1.54, 1.807) is 22.9 Å². The van der Waals surface area contributed by atoms with Crippen molar-refractivity contribution < 1.29 is 10.0 Å². The van der Waals surface area contributed by atoms with Crippen molar-refractivity contribution in [1.29, 1.82) is 0 Å². The Morgan fingerprint density at radius 1 is 1.08 bits per heavy atom. The number of fused-ring (bicyclic) bond motifs is 1. The zero-order chi connectivity index (χ0) is 16.9. The Kier molecular flexibility index (Phi) is 4.54. The molecule has 0 aliphatic rings. The van der Waals surface area contributed by atoms with Crippen LogP contribution in [0, 0.1) is 0 Å². The molecular weight excluding hydrogens is 304 g/mol. The van der Waals surface area contributed by atoms with Crippen molar-refractivity contribution in [3.8, 4) is 0 Å². The van der Waals surface area contributed by atoms with Gasteiger partial charge in [-0.3, -0.25) is 14.8 Å². The Morgan fingerprint density at radius 2 is 1.88 bits per heavy atom. The molecule has 0 atom stereocenters. The summed E-state index contributed by atoms with van der Waals surface area (Å²) in [5.41, 5.74) is 2.72. The van der Waals surface area contributed by atoms with Crippen LogP contribution in [0.5, 0.6) is 0 Å². The van der Waals surface area contributed by atoms with Crippen molar-refractivity contribution in [2.45, 2.75) is 6.54 Å². The van der Waals surface area contributed by atoms with Crippen LogP contribution in [0.3, 0.4) is 0 Å². The van der Waals surface area contributed by atoms with Gasteiger partial charge in [-0.1, -0.05) is 42.5 Å². The number of hydroxylamine groups is 1. The van der Waals surface area contributed by atoms with Gasteiger partial charge in [-0.05, 0) is 34.5 Å². The SMILES string of the molecule is O=C(/C=C/c1cccn(Cc2cccc3ccccc23)c1=O)NO. The van der Waals surface area contributed by atoms with Gasteiger partial charge in [-0.15, -0.1) is 0 Å². The molecule has 0 radical (unpaired) electrons. The molecule has 0 fully saturated rings. The van der Waals surface area contributed by atoms with Gasteiger partial charge in [0.2, 0.25) is 0 Å². The number of pyridine rings is 1. The normalized spacial score (nSPS) is 11.0. The molecule has 0 saturated heterocycles. The average molecular weight is 320 g/mol. The van der Waals surface area contributed by atoms with E-state index in [0.29, 0.717) is 12.1 Å². The average Bonchev–Trinajstić information content (AvgIpc) is 2.62. The highest BCUT2D eigenvalue weighted by atomic mass is 16.5. The smallest absolute Gasteiger partial charge is 0.267 e. The molecule has 0 aliphatic heterocycles. The van der Waals surface area contributed by atoms with Crippen LogP contribution in [0.15, 0.2) is 71.7 Å². The Labute approximate surface area is 138 Å². The van der Waals surface area contributed by atoms with Crippen LogP contribution in [0.25, 0.3) is 16.8 Å². The van der Waals surface area contributed by atoms with Crippen LogP contribution in [-0.2, 0) is 11.3 Å². The summed E-state index contributed by atoms with van der Waals surface area (Å²) < 4.78 is 1.60. The highest BCUT2D eigenvalue weighted by molar-refractivity contribution is 5.90. The second-order valence-electron chi connectivity index (χ2n) is 5.34. The van der Waals surface area contributed by atoms with Gasteiger partial charge in [-0.2, -0.15) is 0 Å². The number of nitrogens with one attached hydrogen (secondary N) is 1. The van der Waals surface area contributed by atoms with E-state index >= 15 is 0 Å². The third-order valence-corrected chi connectivity index (χ3v) is 3.79. The zero-order valence-corrected chi connectivity index (χ0v) is 12.8. The van der Waals surface area contributed by atoms with E-state index in [1.807, 2.05) is 42.5 Å². The highest BCUT2D eigenvalue weighted by Gasteiger charge is 2.05. The quantitative estimate of drug-likeness (QED) is 0.441. The molecule has 0 unspecified atom stereocenters. The molecule has 0 saturated carbocycles. The number of nitrogens with zero attached hydrogens (tertiary/aromatic N) is 1. The molecule has 3 rings (SSSR count). The van der Waals surface area contributed by atoms with Crippen molar-refractivity contribution in [1.82, 2.24) is 10.0 Å². The van der Waals surface area contributed by atoms with Crippen LogP contribution >= 0.6 is 0 Å². The molecule has 2 N–H and O–H groups in total.